The normalized spacial score (nSPS) is 20.4. The Morgan fingerprint density at radius 1 is 1.06 bits per heavy atom. The molecule has 3 N–H and O–H groups in total. The second kappa shape index (κ2) is 8.97. The second-order valence-corrected chi connectivity index (χ2v) is 11.3. The van der Waals surface area contributed by atoms with Gasteiger partial charge in [-0.15, -0.1) is 22.7 Å². The lowest BCUT2D eigenvalue weighted by Gasteiger charge is -2.27. The predicted octanol–water partition coefficient (Wildman–Crippen LogP) is 6.55. The molecule has 0 radical (unpaired) electrons. The summed E-state index contributed by atoms with van der Waals surface area (Å²) in [6.07, 6.45) is 4.48. The van der Waals surface area contributed by atoms with Crippen LogP contribution in [0.15, 0.2) is 62.9 Å². The molecule has 4 heterocycles. The maximum Gasteiger partial charge on any atom is 0.202 e. The van der Waals surface area contributed by atoms with E-state index in [1.165, 1.54) is 41.4 Å². The van der Waals surface area contributed by atoms with Gasteiger partial charge in [0.05, 0.1) is 11.4 Å². The first-order chi connectivity index (χ1) is 16.0. The number of nitrogens with one attached hydrogen (secondary N) is 3. The van der Waals surface area contributed by atoms with Gasteiger partial charge in [0.2, 0.25) is 5.96 Å². The molecule has 2 aromatic heterocycles. The Hall–Kier alpha value is -2.61. The highest BCUT2D eigenvalue weighted by Crippen LogP contribution is 2.41. The Labute approximate surface area is 207 Å². The van der Waals surface area contributed by atoms with Gasteiger partial charge in [0.15, 0.2) is 0 Å². The lowest BCUT2D eigenvalue weighted by atomic mass is 9.96. The molecule has 33 heavy (non-hydrogen) atoms. The first-order valence-electron chi connectivity index (χ1n) is 11.0. The molecule has 2 atom stereocenters. The summed E-state index contributed by atoms with van der Waals surface area (Å²) >= 11 is 10.3. The van der Waals surface area contributed by atoms with E-state index < -0.39 is 0 Å². The van der Waals surface area contributed by atoms with Crippen molar-refractivity contribution in [3.8, 4) is 0 Å². The van der Waals surface area contributed by atoms with Crippen LogP contribution in [-0.2, 0) is 0 Å². The topological polar surface area (TPSA) is 60.8 Å². The first kappa shape index (κ1) is 22.2. The van der Waals surface area contributed by atoms with Gasteiger partial charge < -0.3 is 16.0 Å². The second-order valence-electron chi connectivity index (χ2n) is 8.19. The minimum atomic E-state index is -0.243. The summed E-state index contributed by atoms with van der Waals surface area (Å²) in [4.78, 5) is 13.6. The molecule has 1 aromatic carbocycles. The third kappa shape index (κ3) is 4.09. The molecule has 8 heteroatoms. The van der Waals surface area contributed by atoms with Crippen LogP contribution in [0.4, 0.5) is 0 Å². The van der Waals surface area contributed by atoms with Gasteiger partial charge >= 0.3 is 0 Å². The molecule has 0 fully saturated rings. The maximum atomic E-state index is 6.65. The van der Waals surface area contributed by atoms with Crippen molar-refractivity contribution < 1.29 is 0 Å². The fraction of sp³-hybridized carbons (Fsp3) is 0.280. The molecule has 5 nitrogen and oxygen atoms in total. The Bertz CT molecular complexity index is 1340. The van der Waals surface area contributed by atoms with Crippen LogP contribution in [0.25, 0.3) is 10.1 Å². The van der Waals surface area contributed by atoms with Crippen molar-refractivity contribution in [1.29, 1.82) is 0 Å². The third-order valence-electron chi connectivity index (χ3n) is 6.04. The van der Waals surface area contributed by atoms with Crippen molar-refractivity contribution in [3.63, 3.8) is 0 Å². The molecule has 0 bridgehead atoms. The van der Waals surface area contributed by atoms with Gasteiger partial charge in [-0.1, -0.05) is 36.7 Å². The lowest BCUT2D eigenvalue weighted by molar-refractivity contribution is 0.721. The molecule has 0 saturated carbocycles. The van der Waals surface area contributed by atoms with Gasteiger partial charge in [0.1, 0.15) is 17.9 Å². The average Bonchev–Trinajstić information content (AvgIpc) is 3.32. The monoisotopic (exact) mass is 495 g/mol. The number of thiophene rings is 2. The number of nitrogens with zero attached hydrogens (tertiary/aromatic N) is 2. The minimum absolute atomic E-state index is 0.00544. The fourth-order valence-corrected chi connectivity index (χ4v) is 6.80. The molecular formula is C25H26ClN5S2. The zero-order valence-corrected chi connectivity index (χ0v) is 21.4. The number of benzene rings is 1. The minimum Gasteiger partial charge on any atom is -0.333 e. The standard InChI is InChI=1S/C25H26ClN5S2/c1-5-16-22(18-10-13(2)32-14(18)3)28-12-29-24(16)31-25-27-11-19(26)23(30-25)21-15(4)33-20-9-7-6-8-17(20)21/h6-12,22-23H,5H2,1-4H3,(H,28,29)(H2,27,30,31). The summed E-state index contributed by atoms with van der Waals surface area (Å²) in [6, 6.07) is 10.4. The number of rotatable bonds is 4. The van der Waals surface area contributed by atoms with Crippen molar-refractivity contribution in [2.75, 3.05) is 0 Å². The molecular weight excluding hydrogens is 470 g/mol. The number of hydrogen-bond donors (Lipinski definition) is 3. The Kier molecular flexibility index (Phi) is 6.03. The van der Waals surface area contributed by atoms with Crippen molar-refractivity contribution >= 4 is 56.7 Å². The van der Waals surface area contributed by atoms with E-state index in [1.807, 2.05) is 17.5 Å². The molecule has 2 unspecified atom stereocenters. The van der Waals surface area contributed by atoms with Crippen molar-refractivity contribution in [3.05, 3.63) is 78.7 Å². The molecule has 0 saturated heterocycles. The van der Waals surface area contributed by atoms with Gasteiger partial charge in [-0.05, 0) is 55.8 Å². The maximum absolute atomic E-state index is 6.65. The van der Waals surface area contributed by atoms with E-state index in [9.17, 15) is 0 Å². The SMILES string of the molecule is CCC1=C(NC2=NC(c3c(C)sc4ccccc34)C(Cl)=CN2)NC=NC1c1cc(C)sc1C. The van der Waals surface area contributed by atoms with Crippen molar-refractivity contribution in [2.45, 2.75) is 46.2 Å². The van der Waals surface area contributed by atoms with Crippen LogP contribution in [-0.4, -0.2) is 12.3 Å². The zero-order chi connectivity index (χ0) is 23.1. The lowest BCUT2D eigenvalue weighted by Crippen LogP contribution is -2.42. The predicted molar refractivity (Wildman–Crippen MR) is 142 cm³/mol. The number of aryl methyl sites for hydroxylation is 3. The number of guanidine groups is 1. The highest BCUT2D eigenvalue weighted by Gasteiger charge is 2.27. The summed E-state index contributed by atoms with van der Waals surface area (Å²) in [5.41, 5.74) is 3.64. The van der Waals surface area contributed by atoms with Gasteiger partial charge in [0, 0.05) is 31.1 Å². The number of aliphatic imine (C=N–C) groups is 2. The molecule has 5 rings (SSSR count). The summed E-state index contributed by atoms with van der Waals surface area (Å²) in [6.45, 7) is 8.62. The van der Waals surface area contributed by atoms with Crippen LogP contribution in [0, 0.1) is 20.8 Å². The molecule has 0 spiro atoms. The molecule has 2 aliphatic rings. The van der Waals surface area contributed by atoms with E-state index in [4.69, 9.17) is 21.6 Å². The highest BCUT2D eigenvalue weighted by atomic mass is 35.5. The highest BCUT2D eigenvalue weighted by molar-refractivity contribution is 7.19. The van der Waals surface area contributed by atoms with Crippen LogP contribution < -0.4 is 16.0 Å². The van der Waals surface area contributed by atoms with Crippen molar-refractivity contribution in [1.82, 2.24) is 16.0 Å². The summed E-state index contributed by atoms with van der Waals surface area (Å²) in [5.74, 6) is 1.59. The molecule has 0 aliphatic carbocycles. The summed E-state index contributed by atoms with van der Waals surface area (Å²) in [5, 5.41) is 11.9. The van der Waals surface area contributed by atoms with E-state index >= 15 is 0 Å². The summed E-state index contributed by atoms with van der Waals surface area (Å²) in [7, 11) is 0. The average molecular weight is 496 g/mol. The number of halogens is 1. The Morgan fingerprint density at radius 2 is 1.88 bits per heavy atom. The molecule has 3 aromatic rings. The quantitative estimate of drug-likeness (QED) is 0.384. The van der Waals surface area contributed by atoms with Crippen molar-refractivity contribution in [2.24, 2.45) is 9.98 Å². The number of hydrogen-bond acceptors (Lipinski definition) is 7. The summed E-state index contributed by atoms with van der Waals surface area (Å²) < 4.78 is 1.25. The van der Waals surface area contributed by atoms with Crippen LogP contribution in [0.3, 0.4) is 0 Å². The van der Waals surface area contributed by atoms with Gasteiger partial charge in [-0.25, -0.2) is 4.99 Å². The van der Waals surface area contributed by atoms with E-state index in [1.54, 1.807) is 17.7 Å². The van der Waals surface area contributed by atoms with Crippen LogP contribution in [0.1, 0.15) is 51.2 Å². The van der Waals surface area contributed by atoms with E-state index in [2.05, 4.69) is 74.0 Å². The van der Waals surface area contributed by atoms with Gasteiger partial charge in [0.25, 0.3) is 0 Å². The van der Waals surface area contributed by atoms with Gasteiger partial charge in [-0.3, -0.25) is 4.99 Å². The zero-order valence-electron chi connectivity index (χ0n) is 19.0. The molecule has 2 aliphatic heterocycles. The fourth-order valence-electron chi connectivity index (χ4n) is 4.53. The Balaban J connectivity index is 1.49. The number of fused-ring (bicyclic) bond motifs is 1. The van der Waals surface area contributed by atoms with Gasteiger partial charge in [-0.2, -0.15) is 0 Å². The van der Waals surface area contributed by atoms with Crippen LogP contribution in [0.2, 0.25) is 0 Å². The molecule has 170 valence electrons. The smallest absolute Gasteiger partial charge is 0.202 e. The first-order valence-corrected chi connectivity index (χ1v) is 13.0. The van der Waals surface area contributed by atoms with Crippen LogP contribution in [0.5, 0.6) is 0 Å². The Morgan fingerprint density at radius 3 is 2.64 bits per heavy atom. The van der Waals surface area contributed by atoms with E-state index in [0.717, 1.165) is 12.2 Å². The molecule has 0 amide bonds. The van der Waals surface area contributed by atoms with Crippen LogP contribution >= 0.6 is 34.3 Å². The third-order valence-corrected chi connectivity index (χ3v) is 8.44. The van der Waals surface area contributed by atoms with E-state index in [0.29, 0.717) is 11.0 Å². The largest absolute Gasteiger partial charge is 0.333 e. The van der Waals surface area contributed by atoms with E-state index in [-0.39, 0.29) is 12.1 Å².